The first-order valence-electron chi connectivity index (χ1n) is 11.2. The van der Waals surface area contributed by atoms with E-state index in [0.717, 1.165) is 11.1 Å². The van der Waals surface area contributed by atoms with Gasteiger partial charge in [-0.2, -0.15) is 0 Å². The van der Waals surface area contributed by atoms with Crippen LogP contribution in [0.15, 0.2) is 60.7 Å². The predicted molar refractivity (Wildman–Crippen MR) is 122 cm³/mol. The molecule has 0 saturated carbocycles. The van der Waals surface area contributed by atoms with Gasteiger partial charge in [0, 0.05) is 13.0 Å². The number of hydrogen-bond donors (Lipinski definition) is 0. The monoisotopic (exact) mass is 453 g/mol. The standard InChI is InChI=1S/C26H31NO6/c1-26(2,3)33-25(30)27-16-10-15-21(27)23(28)32-22(17-19-11-6-4-7-12-19)24(29)31-18-20-13-8-5-9-14-20/h4-9,11-14,21-22H,10,15-18H2,1-3H3/t21-,22+/m1/s1. The highest BCUT2D eigenvalue weighted by Gasteiger charge is 2.39. The summed E-state index contributed by atoms with van der Waals surface area (Å²) in [5.74, 6) is -1.26. The largest absolute Gasteiger partial charge is 0.458 e. The lowest BCUT2D eigenvalue weighted by molar-refractivity contribution is -0.171. The minimum absolute atomic E-state index is 0.0793. The average molecular weight is 454 g/mol. The molecule has 7 nitrogen and oxygen atoms in total. The van der Waals surface area contributed by atoms with Crippen molar-refractivity contribution in [3.63, 3.8) is 0 Å². The van der Waals surface area contributed by atoms with E-state index in [1.54, 1.807) is 20.8 Å². The number of rotatable bonds is 7. The van der Waals surface area contributed by atoms with Crippen molar-refractivity contribution >= 4 is 18.0 Å². The fourth-order valence-electron chi connectivity index (χ4n) is 3.59. The number of ether oxygens (including phenoxy) is 3. The van der Waals surface area contributed by atoms with E-state index in [1.807, 2.05) is 60.7 Å². The molecule has 0 bridgehead atoms. The van der Waals surface area contributed by atoms with Gasteiger partial charge in [-0.3, -0.25) is 4.90 Å². The van der Waals surface area contributed by atoms with Crippen molar-refractivity contribution in [1.82, 2.24) is 4.90 Å². The van der Waals surface area contributed by atoms with Gasteiger partial charge in [0.25, 0.3) is 0 Å². The van der Waals surface area contributed by atoms with Crippen LogP contribution in [0, 0.1) is 0 Å². The zero-order chi connectivity index (χ0) is 23.8. The molecule has 0 radical (unpaired) electrons. The number of benzene rings is 2. The fraction of sp³-hybridized carbons (Fsp3) is 0.423. The molecule has 3 rings (SSSR count). The third-order valence-corrected chi connectivity index (χ3v) is 5.16. The zero-order valence-electron chi connectivity index (χ0n) is 19.4. The molecular weight excluding hydrogens is 422 g/mol. The number of carbonyl (C=O) groups excluding carboxylic acids is 3. The van der Waals surface area contributed by atoms with Gasteiger partial charge in [0.15, 0.2) is 0 Å². The van der Waals surface area contributed by atoms with Gasteiger partial charge in [-0.25, -0.2) is 14.4 Å². The van der Waals surface area contributed by atoms with Crippen LogP contribution >= 0.6 is 0 Å². The normalized spacial score (nSPS) is 16.7. The second kappa shape index (κ2) is 11.0. The lowest BCUT2D eigenvalue weighted by Crippen LogP contribution is -2.45. The summed E-state index contributed by atoms with van der Waals surface area (Å²) in [5.41, 5.74) is 0.996. The highest BCUT2D eigenvalue weighted by Crippen LogP contribution is 2.23. The summed E-state index contributed by atoms with van der Waals surface area (Å²) in [4.78, 5) is 39.8. The topological polar surface area (TPSA) is 82.1 Å². The highest BCUT2D eigenvalue weighted by molar-refractivity contribution is 5.85. The maximum atomic E-state index is 13.0. The Kier molecular flexibility index (Phi) is 8.09. The smallest absolute Gasteiger partial charge is 0.411 e. The molecule has 1 heterocycles. The molecule has 1 amide bonds. The Morgan fingerprint density at radius 1 is 0.970 bits per heavy atom. The van der Waals surface area contributed by atoms with E-state index < -0.39 is 35.8 Å². The molecule has 1 saturated heterocycles. The first-order valence-corrected chi connectivity index (χ1v) is 11.2. The van der Waals surface area contributed by atoms with E-state index in [9.17, 15) is 14.4 Å². The molecule has 1 aliphatic rings. The summed E-state index contributed by atoms with van der Waals surface area (Å²) in [6.07, 6.45) is -0.395. The Balaban J connectivity index is 1.69. The summed E-state index contributed by atoms with van der Waals surface area (Å²) < 4.78 is 16.5. The van der Waals surface area contributed by atoms with Gasteiger partial charge in [-0.05, 0) is 44.7 Å². The van der Waals surface area contributed by atoms with Crippen LogP contribution in [0.5, 0.6) is 0 Å². The third kappa shape index (κ3) is 7.34. The molecule has 7 heteroatoms. The molecule has 0 spiro atoms. The van der Waals surface area contributed by atoms with E-state index in [4.69, 9.17) is 14.2 Å². The van der Waals surface area contributed by atoms with Crippen LogP contribution in [-0.2, 0) is 36.8 Å². The van der Waals surface area contributed by atoms with Crippen LogP contribution in [0.2, 0.25) is 0 Å². The van der Waals surface area contributed by atoms with Gasteiger partial charge in [-0.15, -0.1) is 0 Å². The van der Waals surface area contributed by atoms with E-state index in [2.05, 4.69) is 0 Å². The number of hydrogen-bond acceptors (Lipinski definition) is 6. The summed E-state index contributed by atoms with van der Waals surface area (Å²) in [7, 11) is 0. The molecule has 2 atom stereocenters. The zero-order valence-corrected chi connectivity index (χ0v) is 19.4. The van der Waals surface area contributed by atoms with Gasteiger partial charge in [-0.1, -0.05) is 60.7 Å². The molecule has 1 aliphatic heterocycles. The van der Waals surface area contributed by atoms with Gasteiger partial charge in [0.1, 0.15) is 18.2 Å². The maximum Gasteiger partial charge on any atom is 0.411 e. The summed E-state index contributed by atoms with van der Waals surface area (Å²) in [6, 6.07) is 17.8. The van der Waals surface area contributed by atoms with Gasteiger partial charge < -0.3 is 14.2 Å². The van der Waals surface area contributed by atoms with Crippen LogP contribution in [0.3, 0.4) is 0 Å². The summed E-state index contributed by atoms with van der Waals surface area (Å²) in [6.45, 7) is 5.79. The third-order valence-electron chi connectivity index (χ3n) is 5.16. The van der Waals surface area contributed by atoms with Gasteiger partial charge >= 0.3 is 18.0 Å². The van der Waals surface area contributed by atoms with E-state index in [1.165, 1.54) is 4.90 Å². The van der Waals surface area contributed by atoms with Crippen molar-refractivity contribution < 1.29 is 28.6 Å². The summed E-state index contributed by atoms with van der Waals surface area (Å²) >= 11 is 0. The van der Waals surface area contributed by atoms with Crippen LogP contribution in [0.4, 0.5) is 4.79 Å². The molecule has 0 aliphatic carbocycles. The van der Waals surface area contributed by atoms with E-state index >= 15 is 0 Å². The Labute approximate surface area is 194 Å². The molecule has 2 aromatic rings. The Hall–Kier alpha value is -3.35. The van der Waals surface area contributed by atoms with Crippen molar-refractivity contribution in [2.45, 2.75) is 64.4 Å². The quantitative estimate of drug-likeness (QED) is 0.460. The number of carbonyl (C=O) groups is 3. The molecule has 2 aromatic carbocycles. The number of amides is 1. The van der Waals surface area contributed by atoms with Crippen LogP contribution in [0.1, 0.15) is 44.7 Å². The van der Waals surface area contributed by atoms with E-state index in [0.29, 0.717) is 19.4 Å². The molecule has 176 valence electrons. The summed E-state index contributed by atoms with van der Waals surface area (Å²) in [5, 5.41) is 0. The van der Waals surface area contributed by atoms with Gasteiger partial charge in [0.05, 0.1) is 0 Å². The number of likely N-dealkylation sites (tertiary alicyclic amines) is 1. The second-order valence-electron chi connectivity index (χ2n) is 9.04. The first-order chi connectivity index (χ1) is 15.7. The minimum Gasteiger partial charge on any atom is -0.458 e. The maximum absolute atomic E-state index is 13.0. The number of nitrogens with zero attached hydrogens (tertiary/aromatic N) is 1. The lowest BCUT2D eigenvalue weighted by atomic mass is 10.1. The molecule has 0 aromatic heterocycles. The first kappa shape index (κ1) is 24.3. The Morgan fingerprint density at radius 2 is 1.58 bits per heavy atom. The molecular formula is C26H31NO6. The average Bonchev–Trinajstić information content (AvgIpc) is 3.28. The fourth-order valence-corrected chi connectivity index (χ4v) is 3.59. The molecule has 0 N–H and O–H groups in total. The van der Waals surface area contributed by atoms with Crippen LogP contribution < -0.4 is 0 Å². The lowest BCUT2D eigenvalue weighted by Gasteiger charge is -2.28. The highest BCUT2D eigenvalue weighted by atomic mass is 16.6. The van der Waals surface area contributed by atoms with Crippen molar-refractivity contribution in [3.8, 4) is 0 Å². The second-order valence-corrected chi connectivity index (χ2v) is 9.04. The molecule has 0 unspecified atom stereocenters. The SMILES string of the molecule is CC(C)(C)OC(=O)N1CCC[C@@H]1C(=O)O[C@@H](Cc1ccccc1)C(=O)OCc1ccccc1. The predicted octanol–water partition coefficient (Wildman–Crippen LogP) is 4.28. The Bertz CT molecular complexity index is 938. The van der Waals surface area contributed by atoms with Crippen molar-refractivity contribution in [2.24, 2.45) is 0 Å². The molecule has 1 fully saturated rings. The van der Waals surface area contributed by atoms with Crippen molar-refractivity contribution in [2.75, 3.05) is 6.54 Å². The van der Waals surface area contributed by atoms with Crippen molar-refractivity contribution in [1.29, 1.82) is 0 Å². The van der Waals surface area contributed by atoms with Crippen LogP contribution in [0.25, 0.3) is 0 Å². The van der Waals surface area contributed by atoms with Crippen molar-refractivity contribution in [3.05, 3.63) is 71.8 Å². The minimum atomic E-state index is -1.12. The van der Waals surface area contributed by atoms with Gasteiger partial charge in [0.2, 0.25) is 6.10 Å². The molecule has 33 heavy (non-hydrogen) atoms. The Morgan fingerprint density at radius 3 is 2.18 bits per heavy atom. The van der Waals surface area contributed by atoms with E-state index in [-0.39, 0.29) is 13.0 Å². The number of esters is 2. The van der Waals surface area contributed by atoms with Crippen LogP contribution in [-0.4, -0.2) is 47.2 Å².